The summed E-state index contributed by atoms with van der Waals surface area (Å²) in [5, 5.41) is 15.8. The molecule has 0 saturated heterocycles. The first-order valence-corrected chi connectivity index (χ1v) is 12.6. The Balaban J connectivity index is 1.29. The van der Waals surface area contributed by atoms with Gasteiger partial charge in [0.25, 0.3) is 0 Å². The smallest absolute Gasteiger partial charge is 0.234 e. The first kappa shape index (κ1) is 22.4. The normalized spacial score (nSPS) is 11.4. The first-order chi connectivity index (χ1) is 16.5. The zero-order chi connectivity index (χ0) is 23.5. The molecule has 168 valence electrons. The Morgan fingerprint density at radius 2 is 1.91 bits per heavy atom. The number of hydrogen-bond acceptors (Lipinski definition) is 6. The predicted octanol–water partition coefficient (Wildman–Crippen LogP) is 7.29. The maximum absolute atomic E-state index is 12.3. The standard InChI is InChI=1S/C26H18ClN3O2S2/c27-17-6-8-18(9-7-17)29-25(32)15-33-26-30-22-11-10-19(13-24(22)34-26)28-14-21-20-4-2-1-3-16(20)5-12-23(21)31/h1-14,31H,15H2,(H,29,32). The molecule has 5 nitrogen and oxygen atoms in total. The number of nitrogens with one attached hydrogen (secondary N) is 1. The van der Waals surface area contributed by atoms with Crippen LogP contribution in [0.3, 0.4) is 0 Å². The number of nitrogens with zero attached hydrogens (tertiary/aromatic N) is 2. The van der Waals surface area contributed by atoms with Crippen molar-refractivity contribution in [3.8, 4) is 5.75 Å². The number of rotatable bonds is 6. The molecule has 4 aromatic carbocycles. The molecule has 1 heterocycles. The van der Waals surface area contributed by atoms with Gasteiger partial charge in [0.2, 0.25) is 5.91 Å². The summed E-state index contributed by atoms with van der Waals surface area (Å²) in [7, 11) is 0. The van der Waals surface area contributed by atoms with E-state index in [0.717, 1.165) is 31.0 Å². The van der Waals surface area contributed by atoms with E-state index in [2.05, 4.69) is 15.3 Å². The largest absolute Gasteiger partial charge is 0.507 e. The first-order valence-electron chi connectivity index (χ1n) is 10.4. The molecule has 0 fully saturated rings. The van der Waals surface area contributed by atoms with Gasteiger partial charge in [-0.2, -0.15) is 0 Å². The molecule has 5 aromatic rings. The van der Waals surface area contributed by atoms with Crippen molar-refractivity contribution in [2.24, 2.45) is 4.99 Å². The Kier molecular flexibility index (Phi) is 6.49. The van der Waals surface area contributed by atoms with Crippen molar-refractivity contribution in [2.75, 3.05) is 11.1 Å². The van der Waals surface area contributed by atoms with Crippen molar-refractivity contribution in [2.45, 2.75) is 4.34 Å². The Labute approximate surface area is 209 Å². The number of aromatic hydroxyl groups is 1. The van der Waals surface area contributed by atoms with Crippen LogP contribution >= 0.6 is 34.7 Å². The number of benzene rings is 4. The van der Waals surface area contributed by atoms with Gasteiger partial charge in [0.05, 0.1) is 21.7 Å². The summed E-state index contributed by atoms with van der Waals surface area (Å²) in [6.45, 7) is 0. The second kappa shape index (κ2) is 9.85. The van der Waals surface area contributed by atoms with E-state index < -0.39 is 0 Å². The summed E-state index contributed by atoms with van der Waals surface area (Å²) >= 11 is 8.79. The molecule has 34 heavy (non-hydrogen) atoms. The number of carbonyl (C=O) groups is 1. The average Bonchev–Trinajstić information content (AvgIpc) is 3.26. The fraction of sp³-hybridized carbons (Fsp3) is 0.0385. The second-order valence-electron chi connectivity index (χ2n) is 7.45. The quantitative estimate of drug-likeness (QED) is 0.188. The van der Waals surface area contributed by atoms with Crippen LogP contribution in [-0.2, 0) is 4.79 Å². The van der Waals surface area contributed by atoms with Gasteiger partial charge in [0.1, 0.15) is 5.75 Å². The number of carbonyl (C=O) groups excluding carboxylic acids is 1. The fourth-order valence-corrected chi connectivity index (χ4v) is 5.48. The number of phenols is 1. The van der Waals surface area contributed by atoms with Crippen LogP contribution in [0.4, 0.5) is 11.4 Å². The van der Waals surface area contributed by atoms with Crippen LogP contribution in [0, 0.1) is 0 Å². The van der Waals surface area contributed by atoms with Crippen molar-refractivity contribution in [3.63, 3.8) is 0 Å². The van der Waals surface area contributed by atoms with E-state index in [-0.39, 0.29) is 17.4 Å². The van der Waals surface area contributed by atoms with Gasteiger partial charge in [-0.1, -0.05) is 53.7 Å². The third-order valence-corrected chi connectivity index (χ3v) is 7.51. The lowest BCUT2D eigenvalue weighted by molar-refractivity contribution is -0.113. The summed E-state index contributed by atoms with van der Waals surface area (Å²) in [4.78, 5) is 21.5. The topological polar surface area (TPSA) is 74.6 Å². The molecule has 0 aliphatic carbocycles. The zero-order valence-corrected chi connectivity index (χ0v) is 20.1. The molecular formula is C26H18ClN3O2S2. The summed E-state index contributed by atoms with van der Waals surface area (Å²) in [5.41, 5.74) is 3.02. The number of aromatic nitrogens is 1. The molecule has 5 rings (SSSR count). The fourth-order valence-electron chi connectivity index (χ4n) is 3.45. The summed E-state index contributed by atoms with van der Waals surface area (Å²) in [5.74, 6) is 0.344. The highest BCUT2D eigenvalue weighted by atomic mass is 35.5. The van der Waals surface area contributed by atoms with Crippen LogP contribution in [-0.4, -0.2) is 28.0 Å². The molecule has 0 spiro atoms. The van der Waals surface area contributed by atoms with Gasteiger partial charge in [-0.15, -0.1) is 11.3 Å². The Bertz CT molecular complexity index is 1530. The van der Waals surface area contributed by atoms with Crippen molar-refractivity contribution in [1.29, 1.82) is 0 Å². The molecule has 8 heteroatoms. The monoisotopic (exact) mass is 503 g/mol. The SMILES string of the molecule is O=C(CSc1nc2ccc(N=Cc3c(O)ccc4ccccc34)cc2s1)Nc1ccc(Cl)cc1. The van der Waals surface area contributed by atoms with E-state index in [0.29, 0.717) is 16.3 Å². The maximum Gasteiger partial charge on any atom is 0.234 e. The lowest BCUT2D eigenvalue weighted by Crippen LogP contribution is -2.13. The molecule has 0 aliphatic rings. The Morgan fingerprint density at radius 1 is 1.09 bits per heavy atom. The third-order valence-electron chi connectivity index (χ3n) is 5.10. The maximum atomic E-state index is 12.3. The van der Waals surface area contributed by atoms with Gasteiger partial charge in [-0.25, -0.2) is 4.98 Å². The number of phenolic OH excluding ortho intramolecular Hbond substituents is 1. The molecule has 1 aromatic heterocycles. The zero-order valence-electron chi connectivity index (χ0n) is 17.7. The number of aliphatic imine (C=N–C) groups is 1. The van der Waals surface area contributed by atoms with Gasteiger partial charge >= 0.3 is 0 Å². The van der Waals surface area contributed by atoms with Crippen molar-refractivity contribution in [3.05, 3.63) is 89.4 Å². The van der Waals surface area contributed by atoms with Gasteiger partial charge in [-0.3, -0.25) is 9.79 Å². The third kappa shape index (κ3) is 5.07. The van der Waals surface area contributed by atoms with Crippen LogP contribution in [0.25, 0.3) is 21.0 Å². The minimum atomic E-state index is -0.105. The van der Waals surface area contributed by atoms with Crippen LogP contribution in [0.2, 0.25) is 5.02 Å². The minimum absolute atomic E-state index is 0.105. The number of thiazole rings is 1. The average molecular weight is 504 g/mol. The van der Waals surface area contributed by atoms with Gasteiger partial charge < -0.3 is 10.4 Å². The van der Waals surface area contributed by atoms with Crippen LogP contribution in [0.5, 0.6) is 5.75 Å². The number of amides is 1. The van der Waals surface area contributed by atoms with Crippen LogP contribution in [0.1, 0.15) is 5.56 Å². The highest BCUT2D eigenvalue weighted by Crippen LogP contribution is 2.32. The molecule has 0 aliphatic heterocycles. The molecular weight excluding hydrogens is 486 g/mol. The van der Waals surface area contributed by atoms with Crippen LogP contribution < -0.4 is 5.32 Å². The predicted molar refractivity (Wildman–Crippen MR) is 143 cm³/mol. The molecule has 2 N–H and O–H groups in total. The van der Waals surface area contributed by atoms with E-state index in [9.17, 15) is 9.90 Å². The van der Waals surface area contributed by atoms with E-state index in [1.807, 2.05) is 48.5 Å². The number of hydrogen-bond donors (Lipinski definition) is 2. The lowest BCUT2D eigenvalue weighted by Gasteiger charge is -2.04. The number of fused-ring (bicyclic) bond motifs is 2. The van der Waals surface area contributed by atoms with Gasteiger partial charge in [0.15, 0.2) is 4.34 Å². The highest BCUT2D eigenvalue weighted by molar-refractivity contribution is 8.01. The van der Waals surface area contributed by atoms with Crippen molar-refractivity contribution < 1.29 is 9.90 Å². The van der Waals surface area contributed by atoms with E-state index in [4.69, 9.17) is 11.6 Å². The molecule has 0 unspecified atom stereocenters. The van der Waals surface area contributed by atoms with Gasteiger partial charge in [-0.05, 0) is 59.3 Å². The molecule has 0 radical (unpaired) electrons. The Morgan fingerprint density at radius 3 is 2.76 bits per heavy atom. The number of thioether (sulfide) groups is 1. The minimum Gasteiger partial charge on any atom is -0.507 e. The molecule has 0 bridgehead atoms. The molecule has 0 atom stereocenters. The summed E-state index contributed by atoms with van der Waals surface area (Å²) in [6, 6.07) is 24.2. The number of anilines is 1. The number of halogens is 1. The van der Waals surface area contributed by atoms with Crippen LogP contribution in [0.15, 0.2) is 88.2 Å². The van der Waals surface area contributed by atoms with E-state index in [1.165, 1.54) is 23.1 Å². The molecule has 0 saturated carbocycles. The van der Waals surface area contributed by atoms with E-state index >= 15 is 0 Å². The highest BCUT2D eigenvalue weighted by Gasteiger charge is 2.09. The van der Waals surface area contributed by atoms with Crippen molar-refractivity contribution in [1.82, 2.24) is 4.98 Å². The molecule has 1 amide bonds. The summed E-state index contributed by atoms with van der Waals surface area (Å²) in [6.07, 6.45) is 1.69. The lowest BCUT2D eigenvalue weighted by atomic mass is 10.0. The second-order valence-corrected chi connectivity index (χ2v) is 10.1. The van der Waals surface area contributed by atoms with Gasteiger partial charge in [0, 0.05) is 22.5 Å². The van der Waals surface area contributed by atoms with E-state index in [1.54, 1.807) is 36.5 Å². The summed E-state index contributed by atoms with van der Waals surface area (Å²) < 4.78 is 1.80. The Hall–Kier alpha value is -3.39. The van der Waals surface area contributed by atoms with Crippen molar-refractivity contribution >= 4 is 79.2 Å².